The second-order valence-electron chi connectivity index (χ2n) is 4.03. The summed E-state index contributed by atoms with van der Waals surface area (Å²) in [6.45, 7) is 1.07. The van der Waals surface area contributed by atoms with Gasteiger partial charge in [-0.1, -0.05) is 5.16 Å². The molecule has 0 atom stereocenters. The van der Waals surface area contributed by atoms with Gasteiger partial charge in [0.25, 0.3) is 0 Å². The van der Waals surface area contributed by atoms with Crippen LogP contribution in [0.5, 0.6) is 0 Å². The number of alkyl halides is 3. The highest BCUT2D eigenvalue weighted by Gasteiger charge is 2.32. The normalized spacial score (nSPS) is 13.5. The molecule has 0 unspecified atom stereocenters. The zero-order valence-corrected chi connectivity index (χ0v) is 10.0. The molecule has 0 aliphatic heterocycles. The molecular formula is C9H16F3N3O3. The topological polar surface area (TPSA) is 96.9 Å². The van der Waals surface area contributed by atoms with Gasteiger partial charge in [-0.25, -0.2) is 0 Å². The maximum atomic E-state index is 11.7. The highest BCUT2D eigenvalue weighted by Crippen LogP contribution is 2.15. The van der Waals surface area contributed by atoms with Gasteiger partial charge in [0.05, 0.1) is 6.61 Å². The summed E-state index contributed by atoms with van der Waals surface area (Å²) in [5.74, 6) is -0.871. The molecule has 0 aromatic rings. The number of hydrogen-bond donors (Lipinski definition) is 3. The van der Waals surface area contributed by atoms with Crippen LogP contribution in [-0.2, 0) is 9.53 Å². The zero-order valence-electron chi connectivity index (χ0n) is 10.0. The number of nitrogens with one attached hydrogen (secondary N) is 1. The third-order valence-corrected chi connectivity index (χ3v) is 2.11. The molecule has 0 aliphatic rings. The highest BCUT2D eigenvalue weighted by atomic mass is 19.4. The van der Waals surface area contributed by atoms with Gasteiger partial charge in [0.2, 0.25) is 5.91 Å². The predicted octanol–water partition coefficient (Wildman–Crippen LogP) is 0.454. The van der Waals surface area contributed by atoms with Gasteiger partial charge < -0.3 is 21.0 Å². The molecule has 0 fully saturated rings. The summed E-state index contributed by atoms with van der Waals surface area (Å²) in [5, 5.41) is 13.5. The highest BCUT2D eigenvalue weighted by molar-refractivity contribution is 6.05. The Morgan fingerprint density at radius 1 is 1.44 bits per heavy atom. The summed E-state index contributed by atoms with van der Waals surface area (Å²) >= 11 is 0. The lowest BCUT2D eigenvalue weighted by Gasteiger charge is -2.21. The number of rotatable bonds is 6. The molecule has 1 amide bonds. The Labute approximate surface area is 102 Å². The smallest absolute Gasteiger partial charge is 0.409 e. The van der Waals surface area contributed by atoms with E-state index in [1.54, 1.807) is 0 Å². The van der Waals surface area contributed by atoms with E-state index in [4.69, 9.17) is 10.9 Å². The molecule has 9 heteroatoms. The van der Waals surface area contributed by atoms with Crippen LogP contribution in [0.25, 0.3) is 0 Å². The number of ether oxygens (including phenoxy) is 1. The Bertz CT molecular complexity index is 316. The largest absolute Gasteiger partial charge is 0.411 e. The van der Waals surface area contributed by atoms with Crippen LogP contribution < -0.4 is 11.1 Å². The van der Waals surface area contributed by atoms with E-state index in [1.807, 2.05) is 0 Å². The van der Waals surface area contributed by atoms with Crippen LogP contribution in [0.4, 0.5) is 13.2 Å². The van der Waals surface area contributed by atoms with Crippen LogP contribution in [0.15, 0.2) is 5.16 Å². The van der Waals surface area contributed by atoms with Gasteiger partial charge >= 0.3 is 6.18 Å². The minimum atomic E-state index is -4.39. The van der Waals surface area contributed by atoms with Crippen molar-refractivity contribution >= 4 is 11.7 Å². The van der Waals surface area contributed by atoms with Crippen LogP contribution in [-0.4, -0.2) is 42.9 Å². The van der Waals surface area contributed by atoms with Crippen LogP contribution in [0.1, 0.15) is 13.8 Å². The van der Waals surface area contributed by atoms with Crippen molar-refractivity contribution in [3.8, 4) is 0 Å². The van der Waals surface area contributed by atoms with Crippen LogP contribution >= 0.6 is 0 Å². The fraction of sp³-hybridized carbons (Fsp3) is 0.778. The number of oxime groups is 1. The number of carbonyl (C=O) groups excluding carboxylic acids is 1. The van der Waals surface area contributed by atoms with Gasteiger partial charge in [0.15, 0.2) is 5.84 Å². The van der Waals surface area contributed by atoms with Crippen molar-refractivity contribution in [2.75, 3.05) is 19.8 Å². The summed E-state index contributed by atoms with van der Waals surface area (Å²) in [5.41, 5.74) is 4.05. The Morgan fingerprint density at radius 2 is 2.00 bits per heavy atom. The number of nitrogens with two attached hydrogens (primary N) is 1. The summed E-state index contributed by atoms with van der Waals surface area (Å²) in [4.78, 5) is 11.6. The summed E-state index contributed by atoms with van der Waals surface area (Å²) in [7, 11) is 0. The number of halogens is 3. The molecule has 0 saturated carbocycles. The Hall–Kier alpha value is -1.51. The third-order valence-electron chi connectivity index (χ3n) is 2.11. The van der Waals surface area contributed by atoms with Gasteiger partial charge in [0.1, 0.15) is 12.0 Å². The van der Waals surface area contributed by atoms with E-state index in [9.17, 15) is 18.0 Å². The van der Waals surface area contributed by atoms with Crippen molar-refractivity contribution < 1.29 is 27.9 Å². The minimum Gasteiger partial charge on any atom is -0.409 e. The van der Waals surface area contributed by atoms with Gasteiger partial charge in [-0.2, -0.15) is 13.2 Å². The van der Waals surface area contributed by atoms with Crippen molar-refractivity contribution in [2.45, 2.75) is 20.0 Å². The first kappa shape index (κ1) is 16.5. The lowest BCUT2D eigenvalue weighted by Crippen LogP contribution is -2.46. The van der Waals surface area contributed by atoms with E-state index in [-0.39, 0.29) is 19.0 Å². The minimum absolute atomic E-state index is 0.100. The van der Waals surface area contributed by atoms with Crippen LogP contribution in [0, 0.1) is 5.41 Å². The fourth-order valence-electron chi connectivity index (χ4n) is 0.887. The lowest BCUT2D eigenvalue weighted by molar-refractivity contribution is -0.173. The SMILES string of the molecule is CC(C)(C(=O)NCCOCC(F)(F)F)C(N)=NO. The van der Waals surface area contributed by atoms with E-state index >= 15 is 0 Å². The van der Waals surface area contributed by atoms with E-state index in [2.05, 4.69) is 15.2 Å². The summed E-state index contributed by atoms with van der Waals surface area (Å²) < 4.78 is 39.4. The van der Waals surface area contributed by atoms with Crippen molar-refractivity contribution in [2.24, 2.45) is 16.3 Å². The summed E-state index contributed by atoms with van der Waals surface area (Å²) in [6, 6.07) is 0. The first-order valence-corrected chi connectivity index (χ1v) is 5.02. The molecule has 106 valence electrons. The molecule has 0 bridgehead atoms. The maximum absolute atomic E-state index is 11.7. The third kappa shape index (κ3) is 5.71. The quantitative estimate of drug-likeness (QED) is 0.215. The van der Waals surface area contributed by atoms with Gasteiger partial charge in [-0.05, 0) is 13.8 Å². The second-order valence-corrected chi connectivity index (χ2v) is 4.03. The molecule has 0 spiro atoms. The molecule has 0 aliphatic carbocycles. The predicted molar refractivity (Wildman–Crippen MR) is 57.1 cm³/mol. The first-order chi connectivity index (χ1) is 8.11. The van der Waals surface area contributed by atoms with Crippen molar-refractivity contribution in [3.05, 3.63) is 0 Å². The molecule has 18 heavy (non-hydrogen) atoms. The average Bonchev–Trinajstić information content (AvgIpc) is 2.25. The molecule has 0 aromatic carbocycles. The summed E-state index contributed by atoms with van der Waals surface area (Å²) in [6.07, 6.45) is -4.39. The van der Waals surface area contributed by atoms with E-state index in [1.165, 1.54) is 13.8 Å². The Morgan fingerprint density at radius 3 is 2.44 bits per heavy atom. The van der Waals surface area contributed by atoms with E-state index in [0.29, 0.717) is 0 Å². The van der Waals surface area contributed by atoms with Gasteiger partial charge in [0, 0.05) is 6.54 Å². The maximum Gasteiger partial charge on any atom is 0.411 e. The second kappa shape index (κ2) is 6.43. The van der Waals surface area contributed by atoms with Crippen LogP contribution in [0.2, 0.25) is 0 Å². The fourth-order valence-corrected chi connectivity index (χ4v) is 0.887. The monoisotopic (exact) mass is 271 g/mol. The standard InChI is InChI=1S/C9H16F3N3O3/c1-8(2,6(13)15-17)7(16)14-3-4-18-5-9(10,11)12/h17H,3-5H2,1-2H3,(H2,13,15)(H,14,16). The first-order valence-electron chi connectivity index (χ1n) is 5.02. The molecular weight excluding hydrogens is 255 g/mol. The molecule has 0 heterocycles. The number of nitrogens with zero attached hydrogens (tertiary/aromatic N) is 1. The molecule has 0 rings (SSSR count). The Balaban J connectivity index is 3.99. The molecule has 6 nitrogen and oxygen atoms in total. The number of hydrogen-bond acceptors (Lipinski definition) is 4. The van der Waals surface area contributed by atoms with Gasteiger partial charge in [-0.15, -0.1) is 0 Å². The average molecular weight is 271 g/mol. The molecule has 0 radical (unpaired) electrons. The van der Waals surface area contributed by atoms with Crippen molar-refractivity contribution in [1.29, 1.82) is 0 Å². The van der Waals surface area contributed by atoms with Crippen LogP contribution in [0.3, 0.4) is 0 Å². The Kier molecular flexibility index (Phi) is 5.89. The molecule has 0 aromatic heterocycles. The number of carbonyl (C=O) groups is 1. The molecule has 0 saturated heterocycles. The number of amidine groups is 1. The van der Waals surface area contributed by atoms with Crippen molar-refractivity contribution in [3.63, 3.8) is 0 Å². The lowest BCUT2D eigenvalue weighted by atomic mass is 9.91. The van der Waals surface area contributed by atoms with E-state index in [0.717, 1.165) is 0 Å². The van der Waals surface area contributed by atoms with Crippen molar-refractivity contribution in [1.82, 2.24) is 5.32 Å². The zero-order chi connectivity index (χ0) is 14.4. The van der Waals surface area contributed by atoms with Gasteiger partial charge in [-0.3, -0.25) is 4.79 Å². The van der Waals surface area contributed by atoms with E-state index < -0.39 is 24.1 Å². The number of amides is 1. The molecule has 4 N–H and O–H groups in total.